The van der Waals surface area contributed by atoms with Crippen molar-refractivity contribution in [3.05, 3.63) is 40.8 Å². The molecule has 0 saturated heterocycles. The van der Waals surface area contributed by atoms with E-state index >= 15 is 0 Å². The van der Waals surface area contributed by atoms with Gasteiger partial charge in [-0.1, -0.05) is 32.8 Å². The maximum Gasteiger partial charge on any atom is 0.330 e. The molecule has 0 aliphatic heterocycles. The second kappa shape index (κ2) is 16.2. The molecule has 0 fully saturated rings. The van der Waals surface area contributed by atoms with E-state index in [0.29, 0.717) is 18.9 Å². The van der Waals surface area contributed by atoms with Crippen LogP contribution < -0.4 is 21.5 Å². The summed E-state index contributed by atoms with van der Waals surface area (Å²) in [4.78, 5) is 60.7. The maximum atomic E-state index is 12.8. The van der Waals surface area contributed by atoms with Crippen LogP contribution in [0.15, 0.2) is 35.3 Å². The molecule has 0 saturated carbocycles. The standard InChI is InChI=1S/C25H38N4O6/c1-5-19(6-2)14-15-26-22(31)17-29-16-10-12-21(25(29)34)28-24(33)20(27-18(4)30)11-8-9-13-23(32)35-7-3/h9-10,12-13,16,19-20H,5-8,11,14-15,17H2,1-4H3,(H,26,31)(H,27,30)(H,28,33)/b13-9+. The van der Waals surface area contributed by atoms with Crippen LogP contribution in [-0.4, -0.2) is 47.5 Å². The summed E-state index contributed by atoms with van der Waals surface area (Å²) in [6.07, 6.45) is 7.81. The van der Waals surface area contributed by atoms with E-state index in [1.165, 1.54) is 29.8 Å². The minimum absolute atomic E-state index is 0.000234. The minimum atomic E-state index is -0.916. The van der Waals surface area contributed by atoms with Crippen molar-refractivity contribution in [2.75, 3.05) is 18.5 Å². The van der Waals surface area contributed by atoms with Gasteiger partial charge in [-0.05, 0) is 44.2 Å². The van der Waals surface area contributed by atoms with E-state index in [1.54, 1.807) is 19.1 Å². The van der Waals surface area contributed by atoms with Crippen molar-refractivity contribution in [1.82, 2.24) is 15.2 Å². The second-order valence-corrected chi connectivity index (χ2v) is 8.15. The number of hydrogen-bond acceptors (Lipinski definition) is 6. The summed E-state index contributed by atoms with van der Waals surface area (Å²) in [5.74, 6) is -1.21. The van der Waals surface area contributed by atoms with Crippen LogP contribution in [-0.2, 0) is 30.5 Å². The topological polar surface area (TPSA) is 136 Å². The van der Waals surface area contributed by atoms with Crippen LogP contribution in [0, 0.1) is 5.92 Å². The van der Waals surface area contributed by atoms with Crippen molar-refractivity contribution in [3.63, 3.8) is 0 Å². The Bertz CT molecular complexity index is 936. The van der Waals surface area contributed by atoms with Gasteiger partial charge in [0.25, 0.3) is 5.56 Å². The van der Waals surface area contributed by atoms with Gasteiger partial charge in [0.05, 0.1) is 6.61 Å². The molecule has 0 spiro atoms. The van der Waals surface area contributed by atoms with E-state index < -0.39 is 29.4 Å². The quantitative estimate of drug-likeness (QED) is 0.255. The van der Waals surface area contributed by atoms with E-state index in [1.807, 2.05) is 0 Å². The molecule has 1 unspecified atom stereocenters. The van der Waals surface area contributed by atoms with Gasteiger partial charge in [-0.25, -0.2) is 4.79 Å². The summed E-state index contributed by atoms with van der Waals surface area (Å²) in [6, 6.07) is 2.08. The summed E-state index contributed by atoms with van der Waals surface area (Å²) in [7, 11) is 0. The smallest absolute Gasteiger partial charge is 0.330 e. The number of amides is 3. The van der Waals surface area contributed by atoms with E-state index in [-0.39, 0.29) is 31.2 Å². The average Bonchev–Trinajstić information content (AvgIpc) is 2.81. The highest BCUT2D eigenvalue weighted by Crippen LogP contribution is 2.11. The molecular formula is C25H38N4O6. The Hall–Kier alpha value is -3.43. The van der Waals surface area contributed by atoms with Crippen molar-refractivity contribution in [3.8, 4) is 0 Å². The van der Waals surface area contributed by atoms with Crippen LogP contribution >= 0.6 is 0 Å². The lowest BCUT2D eigenvalue weighted by Crippen LogP contribution is -2.43. The van der Waals surface area contributed by atoms with Crippen molar-refractivity contribution >= 4 is 29.4 Å². The predicted molar refractivity (Wildman–Crippen MR) is 134 cm³/mol. The molecule has 0 aliphatic carbocycles. The summed E-state index contributed by atoms with van der Waals surface area (Å²) in [6.45, 7) is 7.85. The van der Waals surface area contributed by atoms with Crippen LogP contribution in [0.4, 0.5) is 5.69 Å². The van der Waals surface area contributed by atoms with Crippen LogP contribution in [0.5, 0.6) is 0 Å². The summed E-state index contributed by atoms with van der Waals surface area (Å²) >= 11 is 0. The van der Waals surface area contributed by atoms with Gasteiger partial charge in [0.1, 0.15) is 18.3 Å². The van der Waals surface area contributed by atoms with Gasteiger partial charge in [0.2, 0.25) is 17.7 Å². The number of pyridine rings is 1. The zero-order chi connectivity index (χ0) is 26.2. The lowest BCUT2D eigenvalue weighted by atomic mass is 10.00. The number of carbonyl (C=O) groups excluding carboxylic acids is 4. The molecule has 1 heterocycles. The van der Waals surface area contributed by atoms with Gasteiger partial charge in [-0.15, -0.1) is 0 Å². The Labute approximate surface area is 206 Å². The molecule has 35 heavy (non-hydrogen) atoms. The highest BCUT2D eigenvalue weighted by atomic mass is 16.5. The summed E-state index contributed by atoms with van der Waals surface area (Å²) in [5, 5.41) is 7.91. The first-order valence-corrected chi connectivity index (χ1v) is 12.1. The largest absolute Gasteiger partial charge is 0.463 e. The highest BCUT2D eigenvalue weighted by molar-refractivity contribution is 5.96. The number of esters is 1. The first-order valence-electron chi connectivity index (χ1n) is 12.1. The first-order chi connectivity index (χ1) is 16.7. The van der Waals surface area contributed by atoms with E-state index in [0.717, 1.165) is 19.3 Å². The molecule has 3 amide bonds. The Morgan fingerprint density at radius 1 is 1.11 bits per heavy atom. The van der Waals surface area contributed by atoms with Crippen LogP contribution in [0.25, 0.3) is 0 Å². The van der Waals surface area contributed by atoms with Crippen LogP contribution in [0.2, 0.25) is 0 Å². The number of ether oxygens (including phenoxy) is 1. The number of anilines is 1. The maximum absolute atomic E-state index is 12.8. The minimum Gasteiger partial charge on any atom is -0.463 e. The Morgan fingerprint density at radius 3 is 2.46 bits per heavy atom. The SMILES string of the molecule is CCOC(=O)/C=C/CCC(NC(C)=O)C(=O)Nc1cccn(CC(=O)NCCC(CC)CC)c1=O. The van der Waals surface area contributed by atoms with Crippen LogP contribution in [0.3, 0.4) is 0 Å². The Balaban J connectivity index is 2.77. The van der Waals surface area contributed by atoms with Crippen molar-refractivity contribution in [2.45, 2.75) is 72.4 Å². The van der Waals surface area contributed by atoms with Crippen molar-refractivity contribution < 1.29 is 23.9 Å². The van der Waals surface area contributed by atoms with E-state index in [4.69, 9.17) is 4.74 Å². The molecule has 0 aliphatic rings. The molecule has 0 radical (unpaired) electrons. The Morgan fingerprint density at radius 2 is 1.83 bits per heavy atom. The fourth-order valence-electron chi connectivity index (χ4n) is 3.45. The molecule has 194 valence electrons. The van der Waals surface area contributed by atoms with Crippen molar-refractivity contribution in [1.29, 1.82) is 0 Å². The third kappa shape index (κ3) is 11.5. The molecule has 1 aromatic rings. The van der Waals surface area contributed by atoms with Crippen molar-refractivity contribution in [2.24, 2.45) is 5.92 Å². The number of hydrogen-bond donors (Lipinski definition) is 3. The number of rotatable bonds is 15. The fraction of sp³-hybridized carbons (Fsp3) is 0.560. The van der Waals surface area contributed by atoms with E-state index in [9.17, 15) is 24.0 Å². The molecule has 3 N–H and O–H groups in total. The number of carbonyl (C=O) groups is 4. The number of nitrogens with zero attached hydrogens (tertiary/aromatic N) is 1. The second-order valence-electron chi connectivity index (χ2n) is 8.15. The number of aromatic nitrogens is 1. The zero-order valence-corrected chi connectivity index (χ0v) is 21.1. The number of nitrogens with one attached hydrogen (secondary N) is 3. The van der Waals surface area contributed by atoms with Gasteiger partial charge in [-0.3, -0.25) is 19.2 Å². The van der Waals surface area contributed by atoms with Gasteiger partial charge >= 0.3 is 5.97 Å². The van der Waals surface area contributed by atoms with Gasteiger partial charge in [0.15, 0.2) is 0 Å². The summed E-state index contributed by atoms with van der Waals surface area (Å²) in [5.41, 5.74) is -0.528. The molecule has 1 aromatic heterocycles. The average molecular weight is 491 g/mol. The van der Waals surface area contributed by atoms with Gasteiger partial charge in [-0.2, -0.15) is 0 Å². The van der Waals surface area contributed by atoms with Gasteiger partial charge < -0.3 is 25.3 Å². The molecule has 10 nitrogen and oxygen atoms in total. The molecule has 0 bridgehead atoms. The fourth-order valence-corrected chi connectivity index (χ4v) is 3.45. The third-order valence-electron chi connectivity index (χ3n) is 5.48. The first kappa shape index (κ1) is 29.6. The zero-order valence-electron chi connectivity index (χ0n) is 21.1. The number of allylic oxidation sites excluding steroid dienone is 1. The summed E-state index contributed by atoms with van der Waals surface area (Å²) < 4.78 is 6.01. The molecule has 0 aromatic carbocycles. The molecule has 1 rings (SSSR count). The lowest BCUT2D eigenvalue weighted by molar-refractivity contribution is -0.137. The molecular weight excluding hydrogens is 452 g/mol. The lowest BCUT2D eigenvalue weighted by Gasteiger charge is -2.17. The molecule has 10 heteroatoms. The van der Waals surface area contributed by atoms with Gasteiger partial charge in [0, 0.05) is 25.7 Å². The predicted octanol–water partition coefficient (Wildman–Crippen LogP) is 2.13. The van der Waals surface area contributed by atoms with Crippen LogP contribution in [0.1, 0.15) is 59.8 Å². The third-order valence-corrected chi connectivity index (χ3v) is 5.48. The highest BCUT2D eigenvalue weighted by Gasteiger charge is 2.20. The Kier molecular flexibility index (Phi) is 13.7. The molecule has 1 atom stereocenters. The normalized spacial score (nSPS) is 11.8. The monoisotopic (exact) mass is 490 g/mol. The van der Waals surface area contributed by atoms with E-state index in [2.05, 4.69) is 29.8 Å².